The monoisotopic (exact) mass is 298 g/mol. The third-order valence-electron chi connectivity index (χ3n) is 2.65. The lowest BCUT2D eigenvalue weighted by Gasteiger charge is -2.21. The van der Waals surface area contributed by atoms with Crippen molar-refractivity contribution in [3.05, 3.63) is 28.2 Å². The Morgan fingerprint density at radius 3 is 2.65 bits per heavy atom. The second kappa shape index (κ2) is 5.65. The van der Waals surface area contributed by atoms with Crippen molar-refractivity contribution in [3.63, 3.8) is 0 Å². The van der Waals surface area contributed by atoms with Crippen LogP contribution >= 0.6 is 15.9 Å². The SMILES string of the molecule is Cc1ccc(NC(=O)CC(C)(C)CN)cc1Br. The zero-order valence-corrected chi connectivity index (χ0v) is 12.1. The fraction of sp³-hybridized carbons (Fsp3) is 0.462. The number of hydrogen-bond donors (Lipinski definition) is 2. The van der Waals surface area contributed by atoms with E-state index < -0.39 is 0 Å². The minimum absolute atomic E-state index is 0.00352. The second-order valence-electron chi connectivity index (χ2n) is 5.06. The van der Waals surface area contributed by atoms with Crippen molar-refractivity contribution in [2.75, 3.05) is 11.9 Å². The molecule has 17 heavy (non-hydrogen) atoms. The van der Waals surface area contributed by atoms with Gasteiger partial charge in [0.1, 0.15) is 0 Å². The summed E-state index contributed by atoms with van der Waals surface area (Å²) in [6, 6.07) is 5.77. The van der Waals surface area contributed by atoms with Gasteiger partial charge in [0.05, 0.1) is 0 Å². The average Bonchev–Trinajstić information content (AvgIpc) is 2.23. The Balaban J connectivity index is 2.65. The molecule has 1 aromatic rings. The summed E-state index contributed by atoms with van der Waals surface area (Å²) < 4.78 is 0.994. The topological polar surface area (TPSA) is 55.1 Å². The molecule has 3 N–H and O–H groups in total. The standard InChI is InChI=1S/C13H19BrN2O/c1-9-4-5-10(6-11(9)14)16-12(17)7-13(2,3)8-15/h4-6H,7-8,15H2,1-3H3,(H,16,17). The number of carbonyl (C=O) groups is 1. The molecular weight excluding hydrogens is 280 g/mol. The van der Waals surface area contributed by atoms with Crippen LogP contribution in [-0.4, -0.2) is 12.5 Å². The van der Waals surface area contributed by atoms with Crippen LogP contribution in [0, 0.1) is 12.3 Å². The highest BCUT2D eigenvalue weighted by molar-refractivity contribution is 9.10. The Morgan fingerprint density at radius 1 is 1.47 bits per heavy atom. The van der Waals surface area contributed by atoms with E-state index in [4.69, 9.17) is 5.73 Å². The number of aryl methyl sites for hydroxylation is 1. The Kier molecular flexibility index (Phi) is 4.71. The van der Waals surface area contributed by atoms with Gasteiger partial charge in [0.2, 0.25) is 5.91 Å². The van der Waals surface area contributed by atoms with Crippen LogP contribution in [0.5, 0.6) is 0 Å². The number of nitrogens with two attached hydrogens (primary N) is 1. The summed E-state index contributed by atoms with van der Waals surface area (Å²) in [7, 11) is 0. The summed E-state index contributed by atoms with van der Waals surface area (Å²) in [6.07, 6.45) is 0.426. The van der Waals surface area contributed by atoms with Gasteiger partial charge in [-0.15, -0.1) is 0 Å². The molecule has 0 aliphatic heterocycles. The molecule has 0 spiro atoms. The van der Waals surface area contributed by atoms with Crippen LogP contribution in [0.1, 0.15) is 25.8 Å². The van der Waals surface area contributed by atoms with Crippen LogP contribution in [-0.2, 0) is 4.79 Å². The maximum Gasteiger partial charge on any atom is 0.224 e. The molecule has 3 nitrogen and oxygen atoms in total. The van der Waals surface area contributed by atoms with E-state index in [1.807, 2.05) is 39.0 Å². The molecule has 0 bridgehead atoms. The fourth-order valence-electron chi connectivity index (χ4n) is 1.38. The molecule has 0 atom stereocenters. The Hall–Kier alpha value is -0.870. The van der Waals surface area contributed by atoms with Crippen molar-refractivity contribution < 1.29 is 4.79 Å². The molecular formula is C13H19BrN2O. The van der Waals surface area contributed by atoms with Crippen molar-refractivity contribution in [1.82, 2.24) is 0 Å². The predicted molar refractivity (Wildman–Crippen MR) is 75.0 cm³/mol. The zero-order chi connectivity index (χ0) is 13.1. The number of nitrogens with one attached hydrogen (secondary N) is 1. The number of anilines is 1. The molecule has 0 heterocycles. The van der Waals surface area contributed by atoms with Gasteiger partial charge < -0.3 is 11.1 Å². The first-order valence-corrected chi connectivity index (χ1v) is 6.39. The van der Waals surface area contributed by atoms with Crippen molar-refractivity contribution >= 4 is 27.5 Å². The van der Waals surface area contributed by atoms with Gasteiger partial charge in [-0.3, -0.25) is 4.79 Å². The van der Waals surface area contributed by atoms with Crippen LogP contribution < -0.4 is 11.1 Å². The van der Waals surface area contributed by atoms with E-state index in [0.717, 1.165) is 15.7 Å². The van der Waals surface area contributed by atoms with Gasteiger partial charge >= 0.3 is 0 Å². The third kappa shape index (κ3) is 4.48. The predicted octanol–water partition coefficient (Wildman–Crippen LogP) is 3.07. The first kappa shape index (κ1) is 14.2. The van der Waals surface area contributed by atoms with Crippen LogP contribution in [0.4, 0.5) is 5.69 Å². The Morgan fingerprint density at radius 2 is 2.12 bits per heavy atom. The lowest BCUT2D eigenvalue weighted by atomic mass is 9.89. The van der Waals surface area contributed by atoms with E-state index in [0.29, 0.717) is 13.0 Å². The van der Waals surface area contributed by atoms with Gasteiger partial charge in [0.25, 0.3) is 0 Å². The Bertz CT molecular complexity index is 416. The molecule has 0 fully saturated rings. The molecule has 94 valence electrons. The Labute approximate surface area is 111 Å². The molecule has 0 aliphatic rings. The van der Waals surface area contributed by atoms with Crippen molar-refractivity contribution in [2.24, 2.45) is 11.1 Å². The van der Waals surface area contributed by atoms with Gasteiger partial charge in [-0.25, -0.2) is 0 Å². The van der Waals surface area contributed by atoms with Crippen molar-refractivity contribution in [3.8, 4) is 0 Å². The second-order valence-corrected chi connectivity index (χ2v) is 5.91. The smallest absolute Gasteiger partial charge is 0.224 e. The molecule has 1 amide bonds. The maximum absolute atomic E-state index is 11.8. The molecule has 1 aromatic carbocycles. The number of rotatable bonds is 4. The van der Waals surface area contributed by atoms with Crippen LogP contribution in [0.15, 0.2) is 22.7 Å². The minimum atomic E-state index is -0.161. The maximum atomic E-state index is 11.8. The number of benzene rings is 1. The first-order valence-electron chi connectivity index (χ1n) is 5.60. The largest absolute Gasteiger partial charge is 0.330 e. The molecule has 0 aliphatic carbocycles. The molecule has 0 saturated heterocycles. The summed E-state index contributed by atoms with van der Waals surface area (Å²) in [5, 5.41) is 2.88. The number of carbonyl (C=O) groups excluding carboxylic acids is 1. The van der Waals surface area contributed by atoms with Crippen LogP contribution in [0.25, 0.3) is 0 Å². The van der Waals surface area contributed by atoms with Crippen LogP contribution in [0.3, 0.4) is 0 Å². The van der Waals surface area contributed by atoms with Gasteiger partial charge in [0.15, 0.2) is 0 Å². The van der Waals surface area contributed by atoms with E-state index in [1.54, 1.807) is 0 Å². The normalized spacial score (nSPS) is 11.4. The highest BCUT2D eigenvalue weighted by Crippen LogP contribution is 2.22. The van der Waals surface area contributed by atoms with E-state index in [1.165, 1.54) is 0 Å². The molecule has 0 aromatic heterocycles. The highest BCUT2D eigenvalue weighted by Gasteiger charge is 2.20. The average molecular weight is 299 g/mol. The van der Waals surface area contributed by atoms with Gasteiger partial charge in [-0.2, -0.15) is 0 Å². The first-order chi connectivity index (χ1) is 7.84. The van der Waals surface area contributed by atoms with Gasteiger partial charge in [-0.1, -0.05) is 35.8 Å². The van der Waals surface area contributed by atoms with E-state index in [-0.39, 0.29) is 11.3 Å². The zero-order valence-electron chi connectivity index (χ0n) is 10.5. The third-order valence-corrected chi connectivity index (χ3v) is 3.50. The molecule has 0 radical (unpaired) electrons. The van der Waals surface area contributed by atoms with E-state index in [9.17, 15) is 4.79 Å². The van der Waals surface area contributed by atoms with E-state index in [2.05, 4.69) is 21.2 Å². The molecule has 0 saturated carbocycles. The van der Waals surface area contributed by atoms with Gasteiger partial charge in [0, 0.05) is 16.6 Å². The highest BCUT2D eigenvalue weighted by atomic mass is 79.9. The number of halogens is 1. The summed E-state index contributed by atoms with van der Waals surface area (Å²) in [5.74, 6) is -0.00352. The lowest BCUT2D eigenvalue weighted by molar-refractivity contribution is -0.117. The summed E-state index contributed by atoms with van der Waals surface area (Å²) in [5.41, 5.74) is 7.39. The van der Waals surface area contributed by atoms with E-state index >= 15 is 0 Å². The van der Waals surface area contributed by atoms with Crippen LogP contribution in [0.2, 0.25) is 0 Å². The van der Waals surface area contributed by atoms with Gasteiger partial charge in [-0.05, 0) is 36.6 Å². The summed E-state index contributed by atoms with van der Waals surface area (Å²) >= 11 is 3.44. The molecule has 1 rings (SSSR count). The van der Waals surface area contributed by atoms with Crippen molar-refractivity contribution in [1.29, 1.82) is 0 Å². The minimum Gasteiger partial charge on any atom is -0.330 e. The molecule has 0 unspecified atom stereocenters. The fourth-order valence-corrected chi connectivity index (χ4v) is 1.76. The number of hydrogen-bond acceptors (Lipinski definition) is 2. The summed E-state index contributed by atoms with van der Waals surface area (Å²) in [6.45, 7) is 6.47. The van der Waals surface area contributed by atoms with Crippen molar-refractivity contribution in [2.45, 2.75) is 27.2 Å². The summed E-state index contributed by atoms with van der Waals surface area (Å²) in [4.78, 5) is 11.8. The molecule has 4 heteroatoms. The quantitative estimate of drug-likeness (QED) is 0.897. The number of amides is 1. The lowest BCUT2D eigenvalue weighted by Crippen LogP contribution is -2.29.